The lowest BCUT2D eigenvalue weighted by molar-refractivity contribution is -0.115. The zero-order valence-corrected chi connectivity index (χ0v) is 12.2. The van der Waals surface area contributed by atoms with Gasteiger partial charge >= 0.3 is 0 Å². The van der Waals surface area contributed by atoms with Crippen LogP contribution in [0.2, 0.25) is 0 Å². The molecule has 4 nitrogen and oxygen atoms in total. The SMILES string of the molecule is Cc1cc(NC(=O)C(C)Cl)cnc1N1CCCCC1. The first-order valence-electron chi connectivity index (χ1n) is 6.74. The smallest absolute Gasteiger partial charge is 0.242 e. The van der Waals surface area contributed by atoms with E-state index < -0.39 is 5.38 Å². The molecule has 1 fully saturated rings. The molecule has 19 heavy (non-hydrogen) atoms. The highest BCUT2D eigenvalue weighted by Gasteiger charge is 2.15. The Kier molecular flexibility index (Phi) is 4.64. The largest absolute Gasteiger partial charge is 0.356 e. The fraction of sp³-hybridized carbons (Fsp3) is 0.571. The number of piperidine rings is 1. The van der Waals surface area contributed by atoms with Crippen molar-refractivity contribution in [1.29, 1.82) is 0 Å². The highest BCUT2D eigenvalue weighted by Crippen LogP contribution is 2.23. The molecule has 2 rings (SSSR count). The number of hydrogen-bond acceptors (Lipinski definition) is 3. The van der Waals surface area contributed by atoms with E-state index in [0.29, 0.717) is 5.69 Å². The van der Waals surface area contributed by atoms with Crippen LogP contribution < -0.4 is 10.2 Å². The standard InChI is InChI=1S/C14H20ClN3O/c1-10-8-12(17-14(19)11(2)15)9-16-13(10)18-6-4-3-5-7-18/h8-9,11H,3-7H2,1-2H3,(H,17,19). The molecule has 5 heteroatoms. The van der Waals surface area contributed by atoms with Crippen molar-refractivity contribution in [1.82, 2.24) is 4.98 Å². The molecule has 1 aliphatic heterocycles. The number of carbonyl (C=O) groups is 1. The van der Waals surface area contributed by atoms with E-state index in [4.69, 9.17) is 11.6 Å². The second-order valence-corrected chi connectivity index (χ2v) is 5.67. The number of aryl methyl sites for hydroxylation is 1. The lowest BCUT2D eigenvalue weighted by Crippen LogP contribution is -2.30. The number of nitrogens with one attached hydrogen (secondary N) is 1. The third-order valence-corrected chi connectivity index (χ3v) is 3.53. The Hall–Kier alpha value is -1.29. The summed E-state index contributed by atoms with van der Waals surface area (Å²) in [5.41, 5.74) is 1.79. The molecule has 0 aromatic carbocycles. The summed E-state index contributed by atoms with van der Waals surface area (Å²) in [6.07, 6.45) is 5.46. The summed E-state index contributed by atoms with van der Waals surface area (Å²) in [4.78, 5) is 18.3. The molecule has 104 valence electrons. The number of anilines is 2. The minimum absolute atomic E-state index is 0.200. The Balaban J connectivity index is 2.10. The van der Waals surface area contributed by atoms with Crippen molar-refractivity contribution in [2.24, 2.45) is 0 Å². The maximum absolute atomic E-state index is 11.5. The molecule has 0 bridgehead atoms. The lowest BCUT2D eigenvalue weighted by atomic mass is 10.1. The van der Waals surface area contributed by atoms with Crippen LogP contribution in [0, 0.1) is 6.92 Å². The van der Waals surface area contributed by atoms with Crippen molar-refractivity contribution in [3.05, 3.63) is 17.8 Å². The van der Waals surface area contributed by atoms with Gasteiger partial charge in [-0.15, -0.1) is 11.6 Å². The average molecular weight is 282 g/mol. The number of aromatic nitrogens is 1. The quantitative estimate of drug-likeness (QED) is 0.867. The summed E-state index contributed by atoms with van der Waals surface area (Å²) in [7, 11) is 0. The predicted molar refractivity (Wildman–Crippen MR) is 79.0 cm³/mol. The molecular weight excluding hydrogens is 262 g/mol. The summed E-state index contributed by atoms with van der Waals surface area (Å²) in [6, 6.07) is 1.95. The zero-order valence-electron chi connectivity index (χ0n) is 11.4. The first kappa shape index (κ1) is 14.1. The Labute approximate surface area is 119 Å². The maximum Gasteiger partial charge on any atom is 0.242 e. The maximum atomic E-state index is 11.5. The van der Waals surface area contributed by atoms with Crippen LogP contribution in [0.1, 0.15) is 31.7 Å². The normalized spacial score (nSPS) is 17.1. The lowest BCUT2D eigenvalue weighted by Gasteiger charge is -2.29. The minimum Gasteiger partial charge on any atom is -0.356 e. The summed E-state index contributed by atoms with van der Waals surface area (Å²) in [5.74, 6) is 0.824. The Morgan fingerprint density at radius 3 is 2.68 bits per heavy atom. The van der Waals surface area contributed by atoms with Crippen LogP contribution in [-0.4, -0.2) is 29.4 Å². The monoisotopic (exact) mass is 281 g/mol. The van der Waals surface area contributed by atoms with Gasteiger partial charge in [0.1, 0.15) is 11.2 Å². The summed E-state index contributed by atoms with van der Waals surface area (Å²) in [5, 5.41) is 2.22. The van der Waals surface area contributed by atoms with Crippen LogP contribution in [0.3, 0.4) is 0 Å². The third kappa shape index (κ3) is 3.60. The van der Waals surface area contributed by atoms with Crippen LogP contribution in [0.4, 0.5) is 11.5 Å². The van der Waals surface area contributed by atoms with Crippen molar-refractivity contribution in [3.8, 4) is 0 Å². The Morgan fingerprint density at radius 2 is 2.11 bits per heavy atom. The summed E-state index contributed by atoms with van der Waals surface area (Å²) in [6.45, 7) is 5.81. The van der Waals surface area contributed by atoms with E-state index in [1.165, 1.54) is 19.3 Å². The van der Waals surface area contributed by atoms with Crippen molar-refractivity contribution < 1.29 is 4.79 Å². The van der Waals surface area contributed by atoms with Gasteiger partial charge in [0, 0.05) is 13.1 Å². The molecule has 2 heterocycles. The molecule has 0 aliphatic carbocycles. The van der Waals surface area contributed by atoms with Crippen molar-refractivity contribution in [2.45, 2.75) is 38.5 Å². The summed E-state index contributed by atoms with van der Waals surface area (Å²) < 4.78 is 0. The predicted octanol–water partition coefficient (Wildman–Crippen LogP) is 2.95. The van der Waals surface area contributed by atoms with E-state index >= 15 is 0 Å². The molecule has 1 atom stereocenters. The fourth-order valence-corrected chi connectivity index (χ4v) is 2.37. The fourth-order valence-electron chi connectivity index (χ4n) is 2.31. The van der Waals surface area contributed by atoms with Crippen LogP contribution in [0.15, 0.2) is 12.3 Å². The molecule has 1 saturated heterocycles. The number of hydrogen-bond donors (Lipinski definition) is 1. The Morgan fingerprint density at radius 1 is 1.42 bits per heavy atom. The van der Waals surface area contributed by atoms with Gasteiger partial charge in [-0.3, -0.25) is 4.79 Å². The molecule has 1 aromatic rings. The van der Waals surface area contributed by atoms with Gasteiger partial charge in [0.15, 0.2) is 0 Å². The molecule has 1 amide bonds. The van der Waals surface area contributed by atoms with E-state index in [9.17, 15) is 4.79 Å². The van der Waals surface area contributed by atoms with Gasteiger partial charge in [-0.2, -0.15) is 0 Å². The molecule has 0 spiro atoms. The van der Waals surface area contributed by atoms with Crippen LogP contribution in [0.25, 0.3) is 0 Å². The van der Waals surface area contributed by atoms with Crippen LogP contribution in [-0.2, 0) is 4.79 Å². The number of pyridine rings is 1. The Bertz CT molecular complexity index is 456. The molecule has 1 N–H and O–H groups in total. The number of alkyl halides is 1. The van der Waals surface area contributed by atoms with E-state index in [1.54, 1.807) is 13.1 Å². The van der Waals surface area contributed by atoms with Gasteiger partial charge in [-0.05, 0) is 44.7 Å². The van der Waals surface area contributed by atoms with Gasteiger partial charge in [-0.25, -0.2) is 4.98 Å². The van der Waals surface area contributed by atoms with Crippen LogP contribution in [0.5, 0.6) is 0 Å². The highest BCUT2D eigenvalue weighted by molar-refractivity contribution is 6.32. The van der Waals surface area contributed by atoms with Gasteiger partial charge in [0.25, 0.3) is 0 Å². The van der Waals surface area contributed by atoms with Crippen molar-refractivity contribution >= 4 is 29.0 Å². The molecule has 1 unspecified atom stereocenters. The van der Waals surface area contributed by atoms with Gasteiger partial charge in [0.05, 0.1) is 11.9 Å². The highest BCUT2D eigenvalue weighted by atomic mass is 35.5. The number of halogens is 1. The first-order chi connectivity index (χ1) is 9.08. The summed E-state index contributed by atoms with van der Waals surface area (Å²) >= 11 is 5.73. The van der Waals surface area contributed by atoms with E-state index in [-0.39, 0.29) is 5.91 Å². The van der Waals surface area contributed by atoms with Gasteiger partial charge < -0.3 is 10.2 Å². The topological polar surface area (TPSA) is 45.2 Å². The number of nitrogens with zero attached hydrogens (tertiary/aromatic N) is 2. The third-order valence-electron chi connectivity index (χ3n) is 3.34. The molecule has 0 saturated carbocycles. The van der Waals surface area contributed by atoms with E-state index in [2.05, 4.69) is 15.2 Å². The molecule has 1 aromatic heterocycles. The van der Waals surface area contributed by atoms with Gasteiger partial charge in [-0.1, -0.05) is 0 Å². The number of amides is 1. The van der Waals surface area contributed by atoms with Crippen molar-refractivity contribution in [2.75, 3.05) is 23.3 Å². The second-order valence-electron chi connectivity index (χ2n) is 5.02. The second kappa shape index (κ2) is 6.24. The van der Waals surface area contributed by atoms with Gasteiger partial charge in [0.2, 0.25) is 5.91 Å². The van der Waals surface area contributed by atoms with Crippen LogP contribution >= 0.6 is 11.6 Å². The average Bonchev–Trinajstić information content (AvgIpc) is 2.39. The van der Waals surface area contributed by atoms with Crippen molar-refractivity contribution in [3.63, 3.8) is 0 Å². The van der Waals surface area contributed by atoms with E-state index in [1.807, 2.05) is 13.0 Å². The number of carbonyl (C=O) groups excluding carboxylic acids is 1. The molecule has 1 aliphatic rings. The molecular formula is C14H20ClN3O. The van der Waals surface area contributed by atoms with E-state index in [0.717, 1.165) is 24.5 Å². The zero-order chi connectivity index (χ0) is 13.8. The molecule has 0 radical (unpaired) electrons. The number of rotatable bonds is 3. The minimum atomic E-state index is -0.540. The first-order valence-corrected chi connectivity index (χ1v) is 7.18.